The molecular weight excluding hydrogens is 206 g/mol. The Morgan fingerprint density at radius 1 is 1.29 bits per heavy atom. The number of hydrogen-bond acceptors (Lipinski definition) is 4. The Labute approximate surface area is 81.7 Å². The molecule has 75 valence electrons. The zero-order valence-corrected chi connectivity index (χ0v) is 8.17. The molecule has 1 amide bonds. The fourth-order valence-electron chi connectivity index (χ4n) is 0.869. The van der Waals surface area contributed by atoms with Gasteiger partial charge in [0, 0.05) is 0 Å². The summed E-state index contributed by atoms with van der Waals surface area (Å²) >= 11 is 0. The number of benzene rings is 1. The summed E-state index contributed by atoms with van der Waals surface area (Å²) in [5.41, 5.74) is 0. The molecule has 1 N–H and O–H groups in total. The van der Waals surface area contributed by atoms with Crippen LogP contribution >= 0.6 is 0 Å². The van der Waals surface area contributed by atoms with Gasteiger partial charge in [0.25, 0.3) is 10.0 Å². The lowest BCUT2D eigenvalue weighted by Crippen LogP contribution is -2.21. The maximum atomic E-state index is 11.2. The van der Waals surface area contributed by atoms with Crippen molar-refractivity contribution in [1.82, 2.24) is 4.72 Å². The fourth-order valence-corrected chi connectivity index (χ4v) is 1.59. The second kappa shape index (κ2) is 4.10. The van der Waals surface area contributed by atoms with Gasteiger partial charge in [0.1, 0.15) is 5.75 Å². The van der Waals surface area contributed by atoms with Gasteiger partial charge in [0.2, 0.25) is 0 Å². The van der Waals surface area contributed by atoms with Gasteiger partial charge in [0.15, 0.2) is 0 Å². The minimum atomic E-state index is -3.76. The van der Waals surface area contributed by atoms with E-state index in [0.717, 1.165) is 6.41 Å². The first-order valence-electron chi connectivity index (χ1n) is 3.63. The third kappa shape index (κ3) is 2.23. The van der Waals surface area contributed by atoms with E-state index in [-0.39, 0.29) is 4.90 Å². The first-order valence-corrected chi connectivity index (χ1v) is 5.11. The van der Waals surface area contributed by atoms with Crippen LogP contribution in [0.4, 0.5) is 0 Å². The van der Waals surface area contributed by atoms with Crippen LogP contribution < -0.4 is 9.46 Å². The Morgan fingerprint density at radius 2 is 1.86 bits per heavy atom. The summed E-state index contributed by atoms with van der Waals surface area (Å²) in [6, 6.07) is 5.63. The summed E-state index contributed by atoms with van der Waals surface area (Å²) in [7, 11) is -2.29. The van der Waals surface area contributed by atoms with Crippen molar-refractivity contribution < 1.29 is 17.9 Å². The average molecular weight is 214 g/mol. The van der Waals surface area contributed by atoms with Crippen molar-refractivity contribution >= 4 is 16.4 Å². The van der Waals surface area contributed by atoms with E-state index in [1.165, 1.54) is 31.4 Å². The second-order valence-corrected chi connectivity index (χ2v) is 4.07. The van der Waals surface area contributed by atoms with E-state index in [9.17, 15) is 13.2 Å². The molecular formula is C8H8NO4S. The van der Waals surface area contributed by atoms with Crippen LogP contribution in [0, 0.1) is 0 Å². The quantitative estimate of drug-likeness (QED) is 0.718. The number of methoxy groups -OCH3 is 1. The molecule has 0 bridgehead atoms. The average Bonchev–Trinajstić information content (AvgIpc) is 2.18. The molecule has 1 aromatic carbocycles. The van der Waals surface area contributed by atoms with E-state index in [2.05, 4.69) is 0 Å². The van der Waals surface area contributed by atoms with E-state index in [1.807, 2.05) is 0 Å². The predicted molar refractivity (Wildman–Crippen MR) is 49.0 cm³/mol. The van der Waals surface area contributed by atoms with E-state index in [1.54, 1.807) is 4.72 Å². The minimum Gasteiger partial charge on any atom is -0.497 e. The molecule has 1 rings (SSSR count). The van der Waals surface area contributed by atoms with Crippen LogP contribution in [-0.4, -0.2) is 21.9 Å². The second-order valence-electron chi connectivity index (χ2n) is 2.38. The van der Waals surface area contributed by atoms with E-state index < -0.39 is 10.0 Å². The number of rotatable bonds is 4. The molecule has 0 aromatic heterocycles. The lowest BCUT2D eigenvalue weighted by atomic mass is 10.3. The van der Waals surface area contributed by atoms with Crippen molar-refractivity contribution in [3.63, 3.8) is 0 Å². The Morgan fingerprint density at radius 3 is 2.29 bits per heavy atom. The minimum absolute atomic E-state index is 0.0124. The van der Waals surface area contributed by atoms with E-state index >= 15 is 0 Å². The van der Waals surface area contributed by atoms with Gasteiger partial charge in [-0.1, -0.05) is 0 Å². The Hall–Kier alpha value is -1.56. The van der Waals surface area contributed by atoms with Gasteiger partial charge in [-0.2, -0.15) is 0 Å². The molecule has 5 nitrogen and oxygen atoms in total. The zero-order chi connectivity index (χ0) is 10.6. The number of ether oxygens (including phenoxy) is 1. The number of nitrogens with one attached hydrogen (secondary N) is 1. The summed E-state index contributed by atoms with van der Waals surface area (Å²) in [4.78, 5) is 9.86. The molecule has 0 aliphatic rings. The van der Waals surface area contributed by atoms with E-state index in [0.29, 0.717) is 5.75 Å². The van der Waals surface area contributed by atoms with Crippen molar-refractivity contribution in [2.75, 3.05) is 7.11 Å². The summed E-state index contributed by atoms with van der Waals surface area (Å²) < 4.78 is 28.9. The smallest absolute Gasteiger partial charge is 0.324 e. The SMILES string of the molecule is COc1ccc(S(=O)(=O)N[C]=O)cc1. The van der Waals surface area contributed by atoms with Crippen molar-refractivity contribution in [2.45, 2.75) is 4.90 Å². The first-order chi connectivity index (χ1) is 6.60. The van der Waals surface area contributed by atoms with Crippen LogP contribution in [-0.2, 0) is 14.8 Å². The maximum absolute atomic E-state index is 11.2. The highest BCUT2D eigenvalue weighted by Crippen LogP contribution is 2.14. The van der Waals surface area contributed by atoms with Gasteiger partial charge in [-0.05, 0) is 24.3 Å². The molecule has 0 saturated carbocycles. The highest BCUT2D eigenvalue weighted by molar-refractivity contribution is 7.90. The molecule has 0 spiro atoms. The Bertz CT molecular complexity index is 409. The summed E-state index contributed by atoms with van der Waals surface area (Å²) in [6.45, 7) is 0. The van der Waals surface area contributed by atoms with Crippen molar-refractivity contribution in [1.29, 1.82) is 0 Å². The van der Waals surface area contributed by atoms with Crippen LogP contribution in [0.5, 0.6) is 5.75 Å². The molecule has 1 aromatic rings. The van der Waals surface area contributed by atoms with Crippen LogP contribution in [0.15, 0.2) is 29.2 Å². The van der Waals surface area contributed by atoms with Gasteiger partial charge in [-0.3, -0.25) is 4.79 Å². The van der Waals surface area contributed by atoms with Gasteiger partial charge >= 0.3 is 6.41 Å². The highest BCUT2D eigenvalue weighted by Gasteiger charge is 2.12. The van der Waals surface area contributed by atoms with Crippen molar-refractivity contribution in [3.05, 3.63) is 24.3 Å². The monoisotopic (exact) mass is 214 g/mol. The molecule has 0 saturated heterocycles. The summed E-state index contributed by atoms with van der Waals surface area (Å²) in [5, 5.41) is 0. The summed E-state index contributed by atoms with van der Waals surface area (Å²) in [5.74, 6) is 0.541. The molecule has 0 aliphatic carbocycles. The van der Waals surface area contributed by atoms with Crippen LogP contribution in [0.2, 0.25) is 0 Å². The van der Waals surface area contributed by atoms with Crippen molar-refractivity contribution in [2.24, 2.45) is 0 Å². The van der Waals surface area contributed by atoms with Crippen LogP contribution in [0.3, 0.4) is 0 Å². The Balaban J connectivity index is 3.03. The zero-order valence-electron chi connectivity index (χ0n) is 7.35. The molecule has 0 atom stereocenters. The topological polar surface area (TPSA) is 72.5 Å². The predicted octanol–water partition coefficient (Wildman–Crippen LogP) is 0.0407. The molecule has 6 heteroatoms. The molecule has 0 fully saturated rings. The highest BCUT2D eigenvalue weighted by atomic mass is 32.2. The third-order valence-corrected chi connectivity index (χ3v) is 2.79. The lowest BCUT2D eigenvalue weighted by Gasteiger charge is -2.02. The lowest BCUT2D eigenvalue weighted by molar-refractivity contribution is 0.414. The fraction of sp³-hybridized carbons (Fsp3) is 0.125. The third-order valence-electron chi connectivity index (χ3n) is 1.55. The normalized spacial score (nSPS) is 10.6. The van der Waals surface area contributed by atoms with Gasteiger partial charge in [-0.15, -0.1) is 0 Å². The van der Waals surface area contributed by atoms with E-state index in [4.69, 9.17) is 4.74 Å². The standard InChI is InChI=1S/C8H8NO4S/c1-13-7-2-4-8(5-3-7)14(11,12)9-6-10/h2-5H,1H3,(H,9,10). The van der Waals surface area contributed by atoms with Crippen LogP contribution in [0.25, 0.3) is 0 Å². The van der Waals surface area contributed by atoms with Gasteiger partial charge < -0.3 is 4.74 Å². The summed E-state index contributed by atoms with van der Waals surface area (Å²) in [6.07, 6.45) is 1.12. The van der Waals surface area contributed by atoms with Crippen LogP contribution in [0.1, 0.15) is 0 Å². The molecule has 0 heterocycles. The number of carbonyl (C=O) groups excluding carboxylic acids is 1. The Kier molecular flexibility index (Phi) is 3.08. The van der Waals surface area contributed by atoms with Gasteiger partial charge in [-0.25, -0.2) is 13.1 Å². The van der Waals surface area contributed by atoms with Crippen molar-refractivity contribution in [3.8, 4) is 5.75 Å². The number of amides is 1. The molecule has 14 heavy (non-hydrogen) atoms. The van der Waals surface area contributed by atoms with Gasteiger partial charge in [0.05, 0.1) is 12.0 Å². The molecule has 1 radical (unpaired) electrons. The number of sulfonamides is 1. The first kappa shape index (κ1) is 10.5. The maximum Gasteiger partial charge on any atom is 0.324 e. The molecule has 0 unspecified atom stereocenters. The largest absolute Gasteiger partial charge is 0.497 e. The molecule has 0 aliphatic heterocycles. The number of hydrogen-bond donors (Lipinski definition) is 1.